The first-order valence-corrected chi connectivity index (χ1v) is 7.09. The van der Waals surface area contributed by atoms with Crippen molar-refractivity contribution in [1.82, 2.24) is 9.97 Å². The van der Waals surface area contributed by atoms with E-state index in [1.807, 2.05) is 13.1 Å². The zero-order valence-electron chi connectivity index (χ0n) is 11.4. The minimum absolute atomic E-state index is 0.581. The molecule has 1 aromatic heterocycles. The summed E-state index contributed by atoms with van der Waals surface area (Å²) in [4.78, 5) is 8.53. The lowest BCUT2D eigenvalue weighted by molar-refractivity contribution is 0.318. The Morgan fingerprint density at radius 2 is 2.06 bits per heavy atom. The normalized spacial score (nSPS) is 23.7. The number of aromatic nitrogens is 2. The number of hydrogen-bond donors (Lipinski definition) is 2. The molecule has 2 N–H and O–H groups in total. The molecule has 0 bridgehead atoms. The molecule has 4 nitrogen and oxygen atoms in total. The van der Waals surface area contributed by atoms with Crippen LogP contribution >= 0.6 is 0 Å². The minimum atomic E-state index is 0.581. The molecule has 0 saturated heterocycles. The third-order valence-corrected chi connectivity index (χ3v) is 3.77. The van der Waals surface area contributed by atoms with Gasteiger partial charge in [0, 0.05) is 19.3 Å². The summed E-state index contributed by atoms with van der Waals surface area (Å²) < 4.78 is 0. The predicted molar refractivity (Wildman–Crippen MR) is 75.9 cm³/mol. The van der Waals surface area contributed by atoms with Crippen LogP contribution in [0, 0.1) is 5.92 Å². The van der Waals surface area contributed by atoms with Crippen LogP contribution < -0.4 is 10.6 Å². The molecule has 0 aliphatic heterocycles. The minimum Gasteiger partial charge on any atom is -0.367 e. The molecule has 0 atom stereocenters. The van der Waals surface area contributed by atoms with E-state index in [0.29, 0.717) is 12.0 Å². The van der Waals surface area contributed by atoms with Gasteiger partial charge in [-0.15, -0.1) is 0 Å². The van der Waals surface area contributed by atoms with Crippen molar-refractivity contribution in [3.63, 3.8) is 0 Å². The van der Waals surface area contributed by atoms with E-state index in [2.05, 4.69) is 27.5 Å². The van der Waals surface area contributed by atoms with Gasteiger partial charge < -0.3 is 10.6 Å². The first kappa shape index (κ1) is 13.1. The molecule has 1 aliphatic rings. The molecule has 1 fully saturated rings. The Morgan fingerprint density at radius 3 is 2.72 bits per heavy atom. The second-order valence-corrected chi connectivity index (χ2v) is 5.17. The van der Waals surface area contributed by atoms with Gasteiger partial charge in [-0.2, -0.15) is 4.98 Å². The first-order valence-electron chi connectivity index (χ1n) is 7.09. The van der Waals surface area contributed by atoms with Gasteiger partial charge in [0.05, 0.1) is 0 Å². The SMILES string of the molecule is CCCC1CCC(Nc2ccnc(NC)n2)CC1. The quantitative estimate of drug-likeness (QED) is 0.839. The molecule has 1 aromatic rings. The van der Waals surface area contributed by atoms with Gasteiger partial charge in [-0.05, 0) is 37.7 Å². The number of rotatable bonds is 5. The molecule has 1 heterocycles. The largest absolute Gasteiger partial charge is 0.367 e. The fraction of sp³-hybridized carbons (Fsp3) is 0.714. The third-order valence-electron chi connectivity index (χ3n) is 3.77. The monoisotopic (exact) mass is 248 g/mol. The van der Waals surface area contributed by atoms with Crippen molar-refractivity contribution in [3.05, 3.63) is 12.3 Å². The Bertz CT molecular complexity index is 359. The summed E-state index contributed by atoms with van der Waals surface area (Å²) in [6.07, 6.45) is 9.76. The van der Waals surface area contributed by atoms with Crippen LogP contribution in [0.15, 0.2) is 12.3 Å². The fourth-order valence-corrected chi connectivity index (χ4v) is 2.77. The van der Waals surface area contributed by atoms with Gasteiger partial charge in [0.1, 0.15) is 5.82 Å². The number of nitrogens with zero attached hydrogens (tertiary/aromatic N) is 2. The van der Waals surface area contributed by atoms with Gasteiger partial charge >= 0.3 is 0 Å². The average molecular weight is 248 g/mol. The van der Waals surface area contributed by atoms with Crippen LogP contribution in [0.1, 0.15) is 45.4 Å². The maximum Gasteiger partial charge on any atom is 0.224 e. The van der Waals surface area contributed by atoms with Crippen LogP contribution in [-0.4, -0.2) is 23.1 Å². The Morgan fingerprint density at radius 1 is 1.28 bits per heavy atom. The topological polar surface area (TPSA) is 49.8 Å². The summed E-state index contributed by atoms with van der Waals surface area (Å²) in [5, 5.41) is 6.49. The van der Waals surface area contributed by atoms with Crippen molar-refractivity contribution in [2.75, 3.05) is 17.7 Å². The van der Waals surface area contributed by atoms with Crippen molar-refractivity contribution in [1.29, 1.82) is 0 Å². The standard InChI is InChI=1S/C14H24N4/c1-3-4-11-5-7-12(8-6-11)17-13-9-10-16-14(15-2)18-13/h9-12H,3-8H2,1-2H3,(H2,15,16,17,18). The van der Waals surface area contributed by atoms with Crippen molar-refractivity contribution < 1.29 is 0 Å². The van der Waals surface area contributed by atoms with E-state index in [9.17, 15) is 0 Å². The van der Waals surface area contributed by atoms with E-state index in [4.69, 9.17) is 0 Å². The van der Waals surface area contributed by atoms with E-state index in [1.54, 1.807) is 6.20 Å². The van der Waals surface area contributed by atoms with Gasteiger partial charge in [-0.1, -0.05) is 19.8 Å². The van der Waals surface area contributed by atoms with Crippen molar-refractivity contribution >= 4 is 11.8 Å². The van der Waals surface area contributed by atoms with Gasteiger partial charge in [-0.3, -0.25) is 0 Å². The van der Waals surface area contributed by atoms with Crippen LogP contribution in [-0.2, 0) is 0 Å². The summed E-state index contributed by atoms with van der Waals surface area (Å²) in [7, 11) is 1.84. The maximum absolute atomic E-state index is 4.41. The lowest BCUT2D eigenvalue weighted by Crippen LogP contribution is -2.26. The summed E-state index contributed by atoms with van der Waals surface area (Å²) in [6.45, 7) is 2.28. The van der Waals surface area contributed by atoms with E-state index >= 15 is 0 Å². The molecule has 2 rings (SSSR count). The Balaban J connectivity index is 1.83. The molecule has 4 heteroatoms. The van der Waals surface area contributed by atoms with Crippen molar-refractivity contribution in [2.45, 2.75) is 51.5 Å². The summed E-state index contributed by atoms with van der Waals surface area (Å²) in [5.41, 5.74) is 0. The van der Waals surface area contributed by atoms with Crippen LogP contribution in [0.25, 0.3) is 0 Å². The Labute approximate surface area is 110 Å². The van der Waals surface area contributed by atoms with Gasteiger partial charge in [-0.25, -0.2) is 4.98 Å². The molecular formula is C14H24N4. The highest BCUT2D eigenvalue weighted by atomic mass is 15.1. The number of hydrogen-bond acceptors (Lipinski definition) is 4. The molecule has 0 unspecified atom stereocenters. The highest BCUT2D eigenvalue weighted by molar-refractivity contribution is 5.40. The van der Waals surface area contributed by atoms with E-state index in [-0.39, 0.29) is 0 Å². The molecule has 1 saturated carbocycles. The van der Waals surface area contributed by atoms with Crippen molar-refractivity contribution in [2.24, 2.45) is 5.92 Å². The molecule has 0 amide bonds. The van der Waals surface area contributed by atoms with E-state index in [0.717, 1.165) is 11.7 Å². The fourth-order valence-electron chi connectivity index (χ4n) is 2.77. The highest BCUT2D eigenvalue weighted by Gasteiger charge is 2.20. The zero-order valence-corrected chi connectivity index (χ0v) is 11.4. The van der Waals surface area contributed by atoms with E-state index in [1.165, 1.54) is 38.5 Å². The second-order valence-electron chi connectivity index (χ2n) is 5.17. The zero-order chi connectivity index (χ0) is 12.8. The molecule has 1 aliphatic carbocycles. The first-order chi connectivity index (χ1) is 8.81. The van der Waals surface area contributed by atoms with E-state index < -0.39 is 0 Å². The van der Waals surface area contributed by atoms with Crippen LogP contribution in [0.3, 0.4) is 0 Å². The average Bonchev–Trinajstić information content (AvgIpc) is 2.42. The van der Waals surface area contributed by atoms with Gasteiger partial charge in [0.15, 0.2) is 0 Å². The summed E-state index contributed by atoms with van der Waals surface area (Å²) in [6, 6.07) is 2.52. The third kappa shape index (κ3) is 3.59. The van der Waals surface area contributed by atoms with Crippen molar-refractivity contribution in [3.8, 4) is 0 Å². The molecule has 0 spiro atoms. The Kier molecular flexibility index (Phi) is 4.79. The molecule has 100 valence electrons. The molecule has 18 heavy (non-hydrogen) atoms. The number of nitrogens with one attached hydrogen (secondary N) is 2. The summed E-state index contributed by atoms with van der Waals surface area (Å²) in [5.74, 6) is 2.57. The predicted octanol–water partition coefficient (Wildman–Crippen LogP) is 3.29. The highest BCUT2D eigenvalue weighted by Crippen LogP contribution is 2.29. The summed E-state index contributed by atoms with van der Waals surface area (Å²) >= 11 is 0. The van der Waals surface area contributed by atoms with Crippen LogP contribution in [0.2, 0.25) is 0 Å². The number of anilines is 2. The lowest BCUT2D eigenvalue weighted by Gasteiger charge is -2.29. The maximum atomic E-state index is 4.41. The molecule has 0 radical (unpaired) electrons. The van der Waals surface area contributed by atoms with Crippen LogP contribution in [0.4, 0.5) is 11.8 Å². The van der Waals surface area contributed by atoms with Crippen LogP contribution in [0.5, 0.6) is 0 Å². The second kappa shape index (κ2) is 6.57. The molecule has 0 aromatic carbocycles. The lowest BCUT2D eigenvalue weighted by atomic mass is 9.83. The van der Waals surface area contributed by atoms with Gasteiger partial charge in [0.2, 0.25) is 5.95 Å². The van der Waals surface area contributed by atoms with Gasteiger partial charge in [0.25, 0.3) is 0 Å². The molecular weight excluding hydrogens is 224 g/mol. The smallest absolute Gasteiger partial charge is 0.224 e. The Hall–Kier alpha value is -1.32.